The highest BCUT2D eigenvalue weighted by Gasteiger charge is 2.45. The molecule has 3 aromatic carbocycles. The number of aromatic nitrogens is 1. The fraction of sp³-hybridized carbons (Fsp3) is 0.306. The van der Waals surface area contributed by atoms with E-state index in [-0.39, 0.29) is 32.2 Å². The Bertz CT molecular complexity index is 1770. The second kappa shape index (κ2) is 13.9. The minimum absolute atomic E-state index is 0.0218. The van der Waals surface area contributed by atoms with Gasteiger partial charge in [0.2, 0.25) is 23.6 Å². The summed E-state index contributed by atoms with van der Waals surface area (Å²) < 4.78 is 5.44. The van der Waals surface area contributed by atoms with E-state index in [4.69, 9.17) is 4.74 Å². The average molecular weight is 636 g/mol. The molecule has 0 aliphatic carbocycles. The van der Waals surface area contributed by atoms with E-state index in [0.29, 0.717) is 0 Å². The highest BCUT2D eigenvalue weighted by molar-refractivity contribution is 5.98. The fourth-order valence-electron chi connectivity index (χ4n) is 6.46. The number of aromatic amines is 1. The van der Waals surface area contributed by atoms with Gasteiger partial charge in [-0.25, -0.2) is 0 Å². The molecule has 242 valence electrons. The lowest BCUT2D eigenvalue weighted by atomic mass is 9.99. The Hall–Kier alpha value is -5.45. The largest absolute Gasteiger partial charge is 0.461 e. The van der Waals surface area contributed by atoms with Gasteiger partial charge in [0, 0.05) is 49.7 Å². The molecule has 4 aromatic rings. The molecule has 11 nitrogen and oxygen atoms in total. The number of nitrogens with zero attached hydrogens (tertiary/aromatic N) is 1. The first-order valence-electron chi connectivity index (χ1n) is 15.8. The molecule has 0 saturated carbocycles. The summed E-state index contributed by atoms with van der Waals surface area (Å²) in [5.74, 6) is -2.61. The number of carbonyl (C=O) groups excluding carboxylic acids is 5. The minimum Gasteiger partial charge on any atom is -0.461 e. The van der Waals surface area contributed by atoms with Crippen LogP contribution in [0.25, 0.3) is 10.9 Å². The van der Waals surface area contributed by atoms with Crippen molar-refractivity contribution in [2.24, 2.45) is 0 Å². The molecular formula is C36H37N5O6. The highest BCUT2D eigenvalue weighted by atomic mass is 16.5. The van der Waals surface area contributed by atoms with Crippen LogP contribution in [0, 0.1) is 0 Å². The normalized spacial score (nSPS) is 23.6. The predicted octanol–water partition coefficient (Wildman–Crippen LogP) is 2.20. The number of ether oxygens (including phenoxy) is 1. The predicted molar refractivity (Wildman–Crippen MR) is 174 cm³/mol. The molecule has 11 heteroatoms. The van der Waals surface area contributed by atoms with Crippen LogP contribution in [0.4, 0.5) is 0 Å². The van der Waals surface area contributed by atoms with Gasteiger partial charge in [0.15, 0.2) is 0 Å². The molecule has 1 aromatic heterocycles. The number of para-hydroxylation sites is 1. The van der Waals surface area contributed by atoms with E-state index in [0.717, 1.165) is 27.6 Å². The van der Waals surface area contributed by atoms with Gasteiger partial charge in [-0.15, -0.1) is 0 Å². The Labute approximate surface area is 272 Å². The summed E-state index contributed by atoms with van der Waals surface area (Å²) >= 11 is 0. The van der Waals surface area contributed by atoms with Crippen molar-refractivity contribution >= 4 is 40.5 Å². The fourth-order valence-corrected chi connectivity index (χ4v) is 6.46. The van der Waals surface area contributed by atoms with Gasteiger partial charge >= 0.3 is 5.97 Å². The van der Waals surface area contributed by atoms with E-state index >= 15 is 0 Å². The number of H-pyrrole nitrogens is 1. The summed E-state index contributed by atoms with van der Waals surface area (Å²) in [7, 11) is 0. The average Bonchev–Trinajstić information content (AvgIpc) is 3.68. The molecule has 0 spiro atoms. The number of nitrogens with one attached hydrogen (secondary N) is 4. The van der Waals surface area contributed by atoms with Crippen molar-refractivity contribution < 1.29 is 28.7 Å². The van der Waals surface area contributed by atoms with Gasteiger partial charge in [0.25, 0.3) is 0 Å². The standard InChI is InChI=1S/C36H37N5O6/c1-22(42)47-26-19-32-35(45)39-29(16-23-10-4-2-5-11-23)33(43)38-30(18-25-20-37-28-15-9-8-14-27(25)28)34(44)40-31(36(46)41(32)21-26)17-24-12-6-3-7-13-24/h2-15,20,26,29-32,37H,16-19,21H2,1H3,(H,38,43)(H,39,45)(H,40,44)/t26-,29+,30-,31+,32-/m1/s1. The van der Waals surface area contributed by atoms with E-state index in [1.54, 1.807) is 6.20 Å². The van der Waals surface area contributed by atoms with Crippen molar-refractivity contribution in [3.63, 3.8) is 0 Å². The van der Waals surface area contributed by atoms with Crippen LogP contribution in [0.1, 0.15) is 30.0 Å². The van der Waals surface area contributed by atoms with Gasteiger partial charge in [-0.2, -0.15) is 0 Å². The van der Waals surface area contributed by atoms with Crippen LogP contribution in [0.15, 0.2) is 91.1 Å². The van der Waals surface area contributed by atoms with E-state index in [1.165, 1.54) is 11.8 Å². The Morgan fingerprint density at radius 2 is 1.28 bits per heavy atom. The second-order valence-corrected chi connectivity index (χ2v) is 12.1. The zero-order valence-electron chi connectivity index (χ0n) is 26.0. The van der Waals surface area contributed by atoms with Crippen LogP contribution in [-0.2, 0) is 48.0 Å². The van der Waals surface area contributed by atoms with Gasteiger partial charge in [-0.1, -0.05) is 78.9 Å². The minimum atomic E-state index is -1.06. The molecule has 4 N–H and O–H groups in total. The van der Waals surface area contributed by atoms with Gasteiger partial charge < -0.3 is 30.6 Å². The Balaban J connectivity index is 1.38. The Morgan fingerprint density at radius 1 is 0.723 bits per heavy atom. The lowest BCUT2D eigenvalue weighted by Crippen LogP contribution is -2.62. The lowest BCUT2D eigenvalue weighted by molar-refractivity contribution is -0.147. The summed E-state index contributed by atoms with van der Waals surface area (Å²) in [5, 5.41) is 9.59. The van der Waals surface area contributed by atoms with E-state index in [2.05, 4.69) is 20.9 Å². The Morgan fingerprint density at radius 3 is 1.94 bits per heavy atom. The number of carbonyl (C=O) groups is 5. The second-order valence-electron chi connectivity index (χ2n) is 12.1. The van der Waals surface area contributed by atoms with Crippen molar-refractivity contribution in [3.05, 3.63) is 108 Å². The van der Waals surface area contributed by atoms with Crippen molar-refractivity contribution in [2.45, 2.75) is 62.9 Å². The zero-order valence-corrected chi connectivity index (χ0v) is 26.0. The number of rotatable bonds is 7. The third kappa shape index (κ3) is 7.35. The Kier molecular flexibility index (Phi) is 9.32. The maximum absolute atomic E-state index is 14.3. The molecule has 3 heterocycles. The summed E-state index contributed by atoms with van der Waals surface area (Å²) in [6.07, 6.45) is 1.59. The summed E-state index contributed by atoms with van der Waals surface area (Å²) in [6, 6.07) is 21.9. The third-order valence-corrected chi connectivity index (χ3v) is 8.73. The molecule has 5 atom stereocenters. The lowest BCUT2D eigenvalue weighted by Gasteiger charge is -2.32. The topological polar surface area (TPSA) is 150 Å². The first-order chi connectivity index (χ1) is 22.7. The molecule has 4 amide bonds. The number of amides is 4. The van der Waals surface area contributed by atoms with Crippen molar-refractivity contribution in [1.82, 2.24) is 25.8 Å². The number of hydrogen-bond donors (Lipinski definition) is 4. The van der Waals surface area contributed by atoms with Crippen molar-refractivity contribution in [1.29, 1.82) is 0 Å². The van der Waals surface area contributed by atoms with Gasteiger partial charge in [-0.05, 0) is 22.8 Å². The van der Waals surface area contributed by atoms with Crippen LogP contribution < -0.4 is 16.0 Å². The first kappa shape index (κ1) is 31.5. The molecule has 0 radical (unpaired) electrons. The summed E-state index contributed by atoms with van der Waals surface area (Å²) in [4.78, 5) is 72.8. The molecule has 0 unspecified atom stereocenters. The quantitative estimate of drug-likeness (QED) is 0.229. The van der Waals surface area contributed by atoms with Crippen LogP contribution in [0.3, 0.4) is 0 Å². The molecule has 2 aliphatic heterocycles. The summed E-state index contributed by atoms with van der Waals surface area (Å²) in [6.45, 7) is 1.25. The zero-order chi connectivity index (χ0) is 32.9. The molecule has 2 saturated heterocycles. The summed E-state index contributed by atoms with van der Waals surface area (Å²) in [5.41, 5.74) is 3.30. The van der Waals surface area contributed by atoms with Gasteiger partial charge in [0.05, 0.1) is 6.54 Å². The number of benzene rings is 3. The molecule has 6 rings (SSSR count). The van der Waals surface area contributed by atoms with Crippen molar-refractivity contribution in [2.75, 3.05) is 6.54 Å². The highest BCUT2D eigenvalue weighted by Crippen LogP contribution is 2.24. The number of fused-ring (bicyclic) bond motifs is 2. The van der Waals surface area contributed by atoms with Crippen LogP contribution in [0.2, 0.25) is 0 Å². The first-order valence-corrected chi connectivity index (χ1v) is 15.8. The smallest absolute Gasteiger partial charge is 0.302 e. The van der Waals surface area contributed by atoms with Gasteiger partial charge in [-0.3, -0.25) is 24.0 Å². The van der Waals surface area contributed by atoms with E-state index in [9.17, 15) is 24.0 Å². The molecule has 2 fully saturated rings. The van der Waals surface area contributed by atoms with Crippen molar-refractivity contribution in [3.8, 4) is 0 Å². The SMILES string of the molecule is CC(=O)O[C@@H]1C[C@@H]2C(=O)N[C@@H](Cc3ccccc3)C(=O)N[C@H](Cc3c[nH]c4ccccc34)C(=O)N[C@@H](Cc3ccccc3)C(=O)N2C1. The van der Waals surface area contributed by atoms with Gasteiger partial charge in [0.1, 0.15) is 30.3 Å². The monoisotopic (exact) mass is 635 g/mol. The van der Waals surface area contributed by atoms with Crippen LogP contribution >= 0.6 is 0 Å². The molecule has 0 bridgehead atoms. The van der Waals surface area contributed by atoms with E-state index in [1.807, 2.05) is 84.9 Å². The number of esters is 1. The maximum atomic E-state index is 14.3. The van der Waals surface area contributed by atoms with E-state index < -0.39 is 59.9 Å². The molecular weight excluding hydrogens is 598 g/mol. The maximum Gasteiger partial charge on any atom is 0.302 e. The third-order valence-electron chi connectivity index (χ3n) is 8.73. The molecule has 2 aliphatic rings. The van der Waals surface area contributed by atoms with Crippen LogP contribution in [-0.4, -0.2) is 76.3 Å². The molecule has 47 heavy (non-hydrogen) atoms. The number of hydrogen-bond acceptors (Lipinski definition) is 6. The van der Waals surface area contributed by atoms with Crippen LogP contribution in [0.5, 0.6) is 0 Å².